The second-order valence-corrected chi connectivity index (χ2v) is 7.47. The van der Waals surface area contributed by atoms with Gasteiger partial charge in [0.1, 0.15) is 11.7 Å². The molecule has 0 aliphatic carbocycles. The minimum atomic E-state index is -0.620. The van der Waals surface area contributed by atoms with E-state index >= 15 is 0 Å². The summed E-state index contributed by atoms with van der Waals surface area (Å²) in [7, 11) is 0. The van der Waals surface area contributed by atoms with Crippen LogP contribution in [0.4, 0.5) is 5.95 Å². The van der Waals surface area contributed by atoms with Crippen LogP contribution in [0.3, 0.4) is 0 Å². The van der Waals surface area contributed by atoms with E-state index in [4.69, 9.17) is 10.5 Å². The van der Waals surface area contributed by atoms with Crippen LogP contribution in [-0.4, -0.2) is 33.0 Å². The Morgan fingerprint density at radius 3 is 2.70 bits per heavy atom. The molecule has 3 rings (SSSR count). The first-order valence-corrected chi connectivity index (χ1v) is 10.1. The number of fused-ring (bicyclic) bond motifs is 1. The van der Waals surface area contributed by atoms with Gasteiger partial charge in [-0.1, -0.05) is 44.3 Å². The Balaban J connectivity index is 1.98. The van der Waals surface area contributed by atoms with E-state index in [-0.39, 0.29) is 0 Å². The predicted molar refractivity (Wildman–Crippen MR) is 107 cm³/mol. The first-order valence-electron chi connectivity index (χ1n) is 9.12. The molecule has 1 amide bonds. The molecule has 8 heteroatoms. The van der Waals surface area contributed by atoms with Gasteiger partial charge in [0.15, 0.2) is 0 Å². The average Bonchev–Trinajstić information content (AvgIpc) is 3.06. The van der Waals surface area contributed by atoms with E-state index in [1.807, 2.05) is 24.3 Å². The fourth-order valence-corrected chi connectivity index (χ4v) is 3.72. The van der Waals surface area contributed by atoms with Crippen molar-refractivity contribution >= 4 is 23.6 Å². The van der Waals surface area contributed by atoms with Crippen molar-refractivity contribution in [2.24, 2.45) is 11.7 Å². The molecule has 2 heterocycles. The summed E-state index contributed by atoms with van der Waals surface area (Å²) in [4.78, 5) is 16.7. The molecule has 1 aliphatic rings. The van der Waals surface area contributed by atoms with E-state index in [0.29, 0.717) is 23.4 Å². The van der Waals surface area contributed by atoms with Crippen LogP contribution in [-0.2, 0) is 4.79 Å². The molecule has 144 valence electrons. The van der Waals surface area contributed by atoms with Gasteiger partial charge in [0.05, 0.1) is 12.6 Å². The summed E-state index contributed by atoms with van der Waals surface area (Å²) < 4.78 is 7.39. The molecule has 0 radical (unpaired) electrons. The van der Waals surface area contributed by atoms with Gasteiger partial charge in [-0.2, -0.15) is 4.98 Å². The van der Waals surface area contributed by atoms with E-state index in [1.54, 1.807) is 16.4 Å². The monoisotopic (exact) mass is 387 g/mol. The van der Waals surface area contributed by atoms with Gasteiger partial charge >= 0.3 is 0 Å². The number of rotatable bonds is 8. The number of hydrogen-bond acceptors (Lipinski definition) is 6. The molecule has 0 saturated heterocycles. The summed E-state index contributed by atoms with van der Waals surface area (Å²) >= 11 is 1.58. The third-order valence-corrected chi connectivity index (χ3v) is 5.32. The van der Waals surface area contributed by atoms with Crippen molar-refractivity contribution in [3.63, 3.8) is 0 Å². The molecule has 27 heavy (non-hydrogen) atoms. The third-order valence-electron chi connectivity index (χ3n) is 4.28. The Morgan fingerprint density at radius 2 is 2.07 bits per heavy atom. The van der Waals surface area contributed by atoms with Gasteiger partial charge < -0.3 is 15.8 Å². The zero-order valence-electron chi connectivity index (χ0n) is 15.6. The Hall–Kier alpha value is -2.48. The summed E-state index contributed by atoms with van der Waals surface area (Å²) in [6.45, 7) is 8.83. The van der Waals surface area contributed by atoms with Crippen molar-refractivity contribution in [3.05, 3.63) is 42.1 Å². The van der Waals surface area contributed by atoms with Gasteiger partial charge in [-0.15, -0.1) is 5.10 Å². The van der Waals surface area contributed by atoms with Crippen LogP contribution in [0, 0.1) is 5.92 Å². The van der Waals surface area contributed by atoms with Gasteiger partial charge in [0.2, 0.25) is 17.0 Å². The number of ether oxygens (including phenoxy) is 1. The predicted octanol–water partition coefficient (Wildman–Crippen LogP) is 3.20. The van der Waals surface area contributed by atoms with Gasteiger partial charge in [-0.25, -0.2) is 4.68 Å². The zero-order valence-corrected chi connectivity index (χ0v) is 16.5. The van der Waals surface area contributed by atoms with Gasteiger partial charge in [-0.3, -0.25) is 4.79 Å². The molecule has 7 nitrogen and oxygen atoms in total. The Bertz CT molecular complexity index is 818. The number of hydrogen-bond donors (Lipinski definition) is 2. The second kappa shape index (κ2) is 8.47. The molecule has 3 N–H and O–H groups in total. The van der Waals surface area contributed by atoms with Crippen molar-refractivity contribution in [2.45, 2.75) is 37.9 Å². The van der Waals surface area contributed by atoms with Gasteiger partial charge in [0.25, 0.3) is 0 Å². The first kappa shape index (κ1) is 19.3. The fourth-order valence-electron chi connectivity index (χ4n) is 3.03. The quantitative estimate of drug-likeness (QED) is 0.676. The maximum absolute atomic E-state index is 12.2. The molecule has 0 unspecified atom stereocenters. The molecule has 2 aromatic rings. The van der Waals surface area contributed by atoms with Crippen LogP contribution in [0.15, 0.2) is 41.7 Å². The van der Waals surface area contributed by atoms with E-state index < -0.39 is 17.9 Å². The third kappa shape index (κ3) is 4.10. The molecule has 1 aromatic heterocycles. The van der Waals surface area contributed by atoms with Gasteiger partial charge in [0, 0.05) is 11.4 Å². The van der Waals surface area contributed by atoms with E-state index in [0.717, 1.165) is 29.9 Å². The number of carbonyl (C=O) groups is 1. The van der Waals surface area contributed by atoms with Crippen molar-refractivity contribution in [3.8, 4) is 5.75 Å². The number of nitrogens with one attached hydrogen (secondary N) is 1. The molecule has 0 fully saturated rings. The molecular formula is C19H25N5O2S. The van der Waals surface area contributed by atoms with E-state index in [1.165, 1.54) is 0 Å². The lowest BCUT2D eigenvalue weighted by Crippen LogP contribution is -2.40. The number of anilines is 1. The number of thioether (sulfide) groups is 1. The largest absolute Gasteiger partial charge is 0.494 e. The summed E-state index contributed by atoms with van der Waals surface area (Å²) in [6.07, 6.45) is 1.97. The number of aromatic nitrogens is 3. The molecule has 0 saturated carbocycles. The number of benzene rings is 1. The lowest BCUT2D eigenvalue weighted by molar-refractivity contribution is -0.121. The molecule has 1 aliphatic heterocycles. The van der Waals surface area contributed by atoms with Crippen LogP contribution in [0.25, 0.3) is 0 Å². The zero-order chi connectivity index (χ0) is 19.4. The number of nitrogens with zero attached hydrogens (tertiary/aromatic N) is 3. The van der Waals surface area contributed by atoms with Crippen LogP contribution in [0.5, 0.6) is 5.75 Å². The first-order chi connectivity index (χ1) is 13.0. The molecule has 2 atom stereocenters. The number of primary amides is 1. The Kier molecular flexibility index (Phi) is 6.05. The molecule has 0 bridgehead atoms. The van der Waals surface area contributed by atoms with E-state index in [2.05, 4.69) is 35.8 Å². The topological polar surface area (TPSA) is 95.1 Å². The smallest absolute Gasteiger partial charge is 0.229 e. The Morgan fingerprint density at radius 1 is 1.33 bits per heavy atom. The van der Waals surface area contributed by atoms with Crippen LogP contribution in [0.2, 0.25) is 0 Å². The van der Waals surface area contributed by atoms with Crippen molar-refractivity contribution in [2.75, 3.05) is 17.7 Å². The fraction of sp³-hybridized carbons (Fsp3) is 0.421. The SMILES string of the molecule is C=C1Nc2nc(SCCC)nn2[C@H](c2ccc(OCCC)cc2)[C@H]1C(N)=O. The van der Waals surface area contributed by atoms with E-state index in [9.17, 15) is 4.79 Å². The highest BCUT2D eigenvalue weighted by molar-refractivity contribution is 7.99. The minimum absolute atomic E-state index is 0.394. The maximum atomic E-state index is 12.2. The van der Waals surface area contributed by atoms with Crippen LogP contribution < -0.4 is 15.8 Å². The minimum Gasteiger partial charge on any atom is -0.494 e. The highest BCUT2D eigenvalue weighted by atomic mass is 32.2. The molecular weight excluding hydrogens is 362 g/mol. The maximum Gasteiger partial charge on any atom is 0.229 e. The van der Waals surface area contributed by atoms with Gasteiger partial charge in [-0.05, 0) is 30.5 Å². The lowest BCUT2D eigenvalue weighted by atomic mass is 9.89. The number of nitrogens with two attached hydrogens (primary N) is 1. The standard InChI is InChI=1S/C19H25N5O2S/c1-4-10-26-14-8-6-13(7-9-14)16-15(17(20)25)12(3)21-18-22-19(23-24(16)18)27-11-5-2/h6-9,15-16H,3-5,10-11H2,1-2H3,(H2,20,25)(H,21,22,23)/t15-,16+/m0/s1. The van der Waals surface area contributed by atoms with Crippen LogP contribution in [0.1, 0.15) is 38.3 Å². The normalized spacial score (nSPS) is 18.7. The Labute approximate surface area is 163 Å². The van der Waals surface area contributed by atoms with Crippen LogP contribution >= 0.6 is 11.8 Å². The average molecular weight is 388 g/mol. The highest BCUT2D eigenvalue weighted by Gasteiger charge is 2.39. The summed E-state index contributed by atoms with van der Waals surface area (Å²) in [5.41, 5.74) is 7.13. The summed E-state index contributed by atoms with van der Waals surface area (Å²) in [6, 6.07) is 7.28. The molecule has 1 aromatic carbocycles. The lowest BCUT2D eigenvalue weighted by Gasteiger charge is -2.32. The summed E-state index contributed by atoms with van der Waals surface area (Å²) in [5, 5.41) is 8.37. The summed E-state index contributed by atoms with van der Waals surface area (Å²) in [5.74, 6) is 1.23. The number of carbonyl (C=O) groups excluding carboxylic acids is 1. The van der Waals surface area contributed by atoms with Crippen molar-refractivity contribution < 1.29 is 9.53 Å². The second-order valence-electron chi connectivity index (χ2n) is 6.40. The van der Waals surface area contributed by atoms with Crippen molar-refractivity contribution in [1.29, 1.82) is 0 Å². The number of amides is 1. The molecule has 0 spiro atoms. The highest BCUT2D eigenvalue weighted by Crippen LogP contribution is 2.38. The van der Waals surface area contributed by atoms with Crippen molar-refractivity contribution in [1.82, 2.24) is 14.8 Å².